The largest absolute Gasteiger partial charge is 0.469 e. The smallest absolute Gasteiger partial charge is 0.430 e. The molecule has 188 valence electrons. The summed E-state index contributed by atoms with van der Waals surface area (Å²) in [6.07, 6.45) is -2.21. The van der Waals surface area contributed by atoms with Crippen LogP contribution in [0.2, 0.25) is 0 Å². The topological polar surface area (TPSA) is 136 Å². The average Bonchev–Trinajstić information content (AvgIpc) is 2.64. The minimum absolute atomic E-state index is 0.134. The monoisotopic (exact) mass is 472 g/mol. The third kappa shape index (κ3) is 13.8. The fourth-order valence-electron chi connectivity index (χ4n) is 2.14. The van der Waals surface area contributed by atoms with E-state index >= 15 is 0 Å². The van der Waals surface area contributed by atoms with Crippen LogP contribution < -0.4 is 0 Å². The molecule has 0 rings (SSSR count). The van der Waals surface area contributed by atoms with Gasteiger partial charge in [-0.05, 0) is 41.5 Å². The van der Waals surface area contributed by atoms with Crippen LogP contribution in [0.3, 0.4) is 0 Å². The molecule has 0 aromatic rings. The fraction of sp³-hybridized carbons (Fsp3) is 0.714. The summed E-state index contributed by atoms with van der Waals surface area (Å²) in [6.45, 7) is 10.2. The van der Waals surface area contributed by atoms with Gasteiger partial charge in [-0.25, -0.2) is 19.6 Å². The molecule has 0 radical (unpaired) electrons. The van der Waals surface area contributed by atoms with Gasteiger partial charge in [0.25, 0.3) is 0 Å². The van der Waals surface area contributed by atoms with E-state index in [9.17, 15) is 19.2 Å². The zero-order valence-corrected chi connectivity index (χ0v) is 21.2. The summed E-state index contributed by atoms with van der Waals surface area (Å²) < 4.78 is 19.9. The minimum Gasteiger partial charge on any atom is -0.469 e. The summed E-state index contributed by atoms with van der Waals surface area (Å²) in [5.41, 5.74) is -1.21. The first kappa shape index (κ1) is 29.8. The predicted octanol–water partition coefficient (Wildman–Crippen LogP) is 2.95. The number of rotatable bonds is 8. The van der Waals surface area contributed by atoms with E-state index in [1.165, 1.54) is 28.3 Å². The number of methoxy groups -OCH3 is 2. The summed E-state index contributed by atoms with van der Waals surface area (Å²) in [6, 6.07) is 0. The predicted molar refractivity (Wildman–Crippen MR) is 121 cm³/mol. The van der Waals surface area contributed by atoms with Crippen LogP contribution in [0.15, 0.2) is 10.2 Å². The Balaban J connectivity index is 5.96. The Morgan fingerprint density at radius 3 is 1.18 bits per heavy atom. The quantitative estimate of drug-likeness (QED) is 0.228. The van der Waals surface area contributed by atoms with Crippen molar-refractivity contribution in [3.05, 3.63) is 0 Å². The van der Waals surface area contributed by atoms with Crippen LogP contribution in [0.25, 0.3) is 0 Å². The standard InChI is InChI=1S/C21H36N4O8/c1-20(2,3)32-18(28)24(7)22-14(12-16(26)30-9)11-15(13-17(27)31-10)23-25(8)19(29)33-21(4,5)6/h11-13H2,1-10H3/b22-14-,23-15-. The molecule has 0 bridgehead atoms. The highest BCUT2D eigenvalue weighted by atomic mass is 16.6. The third-order valence-corrected chi connectivity index (χ3v) is 3.46. The van der Waals surface area contributed by atoms with E-state index in [1.807, 2.05) is 0 Å². The van der Waals surface area contributed by atoms with Gasteiger partial charge in [0.05, 0.1) is 38.5 Å². The molecule has 0 aromatic heterocycles. The number of carbonyl (C=O) groups is 4. The SMILES string of the molecule is COC(=O)C/C(C/C(CC(=O)OC)=N/N(C)C(=O)OC(C)(C)C)=N\N(C)C(=O)OC(C)(C)C. The molecule has 0 saturated carbocycles. The first-order chi connectivity index (χ1) is 15.0. The van der Waals surface area contributed by atoms with Crippen molar-refractivity contribution in [2.24, 2.45) is 10.2 Å². The Morgan fingerprint density at radius 2 is 0.939 bits per heavy atom. The van der Waals surface area contributed by atoms with Crippen molar-refractivity contribution in [2.75, 3.05) is 28.3 Å². The number of hydrogen-bond donors (Lipinski definition) is 0. The van der Waals surface area contributed by atoms with Gasteiger partial charge in [0, 0.05) is 20.5 Å². The van der Waals surface area contributed by atoms with Gasteiger partial charge in [0.1, 0.15) is 11.2 Å². The molecule has 12 nitrogen and oxygen atoms in total. The molecule has 0 aromatic carbocycles. The summed E-state index contributed by atoms with van der Waals surface area (Å²) >= 11 is 0. The van der Waals surface area contributed by atoms with E-state index in [4.69, 9.17) is 18.9 Å². The zero-order chi connectivity index (χ0) is 26.0. The molecule has 0 atom stereocenters. The first-order valence-corrected chi connectivity index (χ1v) is 10.2. The number of amides is 2. The van der Waals surface area contributed by atoms with Gasteiger partial charge in [-0.1, -0.05) is 0 Å². The van der Waals surface area contributed by atoms with Crippen molar-refractivity contribution in [3.63, 3.8) is 0 Å². The summed E-state index contributed by atoms with van der Waals surface area (Å²) in [5.74, 6) is -1.24. The Hall–Kier alpha value is -3.18. The van der Waals surface area contributed by atoms with Gasteiger partial charge in [-0.3, -0.25) is 9.59 Å². The van der Waals surface area contributed by atoms with Gasteiger partial charge in [0.2, 0.25) is 0 Å². The Morgan fingerprint density at radius 1 is 0.636 bits per heavy atom. The van der Waals surface area contributed by atoms with Crippen molar-refractivity contribution in [2.45, 2.75) is 72.0 Å². The van der Waals surface area contributed by atoms with E-state index < -0.39 is 35.3 Å². The summed E-state index contributed by atoms with van der Waals surface area (Å²) in [4.78, 5) is 48.3. The van der Waals surface area contributed by atoms with Gasteiger partial charge < -0.3 is 18.9 Å². The molecule has 0 heterocycles. The fourth-order valence-corrected chi connectivity index (χ4v) is 2.14. The van der Waals surface area contributed by atoms with Crippen molar-refractivity contribution in [3.8, 4) is 0 Å². The number of hydrazone groups is 2. The maximum Gasteiger partial charge on any atom is 0.430 e. The van der Waals surface area contributed by atoms with Crippen molar-refractivity contribution >= 4 is 35.5 Å². The van der Waals surface area contributed by atoms with Crippen LogP contribution in [0.5, 0.6) is 0 Å². The van der Waals surface area contributed by atoms with Crippen LogP contribution in [0, 0.1) is 0 Å². The highest BCUT2D eigenvalue weighted by molar-refractivity contribution is 6.13. The Bertz CT molecular complexity index is 714. The molecule has 33 heavy (non-hydrogen) atoms. The second-order valence-corrected chi connectivity index (χ2v) is 9.02. The lowest BCUT2D eigenvalue weighted by Crippen LogP contribution is -2.33. The molecule has 0 fully saturated rings. The molecule has 0 aliphatic heterocycles. The molecular weight excluding hydrogens is 436 g/mol. The van der Waals surface area contributed by atoms with Crippen LogP contribution in [0.1, 0.15) is 60.8 Å². The summed E-state index contributed by atoms with van der Waals surface area (Å²) in [7, 11) is 5.12. The molecule has 0 aliphatic carbocycles. The zero-order valence-electron chi connectivity index (χ0n) is 21.2. The second kappa shape index (κ2) is 12.8. The Kier molecular flexibility index (Phi) is 11.5. The maximum absolute atomic E-state index is 12.3. The van der Waals surface area contributed by atoms with Crippen molar-refractivity contribution in [1.82, 2.24) is 10.0 Å². The molecule has 0 aliphatic rings. The van der Waals surface area contributed by atoms with Crippen LogP contribution >= 0.6 is 0 Å². The Labute approximate surface area is 194 Å². The number of hydrogen-bond acceptors (Lipinski definition) is 10. The lowest BCUT2D eigenvalue weighted by Gasteiger charge is -2.23. The van der Waals surface area contributed by atoms with Crippen LogP contribution in [-0.4, -0.2) is 85.1 Å². The van der Waals surface area contributed by atoms with E-state index in [1.54, 1.807) is 41.5 Å². The van der Waals surface area contributed by atoms with E-state index in [0.29, 0.717) is 0 Å². The van der Waals surface area contributed by atoms with Gasteiger partial charge in [0.15, 0.2) is 0 Å². The number of esters is 2. The maximum atomic E-state index is 12.3. The van der Waals surface area contributed by atoms with Crippen molar-refractivity contribution in [1.29, 1.82) is 0 Å². The molecule has 0 unspecified atom stereocenters. The lowest BCUT2D eigenvalue weighted by atomic mass is 10.1. The van der Waals surface area contributed by atoms with Crippen molar-refractivity contribution < 1.29 is 38.1 Å². The van der Waals surface area contributed by atoms with E-state index in [0.717, 1.165) is 10.0 Å². The summed E-state index contributed by atoms with van der Waals surface area (Å²) in [5, 5.41) is 10.1. The molecule has 2 amide bonds. The number of carbonyl (C=O) groups excluding carboxylic acids is 4. The number of ether oxygens (including phenoxy) is 4. The molecule has 0 N–H and O–H groups in total. The molecule has 0 spiro atoms. The highest BCUT2D eigenvalue weighted by Gasteiger charge is 2.23. The van der Waals surface area contributed by atoms with E-state index in [2.05, 4.69) is 10.2 Å². The highest BCUT2D eigenvalue weighted by Crippen LogP contribution is 2.13. The first-order valence-electron chi connectivity index (χ1n) is 10.2. The molecule has 12 heteroatoms. The molecule has 0 saturated heterocycles. The van der Waals surface area contributed by atoms with Crippen LogP contribution in [0.4, 0.5) is 9.59 Å². The van der Waals surface area contributed by atoms with Crippen LogP contribution in [-0.2, 0) is 28.5 Å². The molecular formula is C21H36N4O8. The normalized spacial score (nSPS) is 12.5. The second-order valence-electron chi connectivity index (χ2n) is 9.02. The van der Waals surface area contributed by atoms with Gasteiger partial charge >= 0.3 is 24.1 Å². The third-order valence-electron chi connectivity index (χ3n) is 3.46. The van der Waals surface area contributed by atoms with E-state index in [-0.39, 0.29) is 30.7 Å². The van der Waals surface area contributed by atoms with Gasteiger partial charge in [-0.2, -0.15) is 10.2 Å². The number of nitrogens with zero attached hydrogens (tertiary/aromatic N) is 4. The minimum atomic E-state index is -0.753. The average molecular weight is 473 g/mol. The lowest BCUT2D eigenvalue weighted by molar-refractivity contribution is -0.140. The van der Waals surface area contributed by atoms with Gasteiger partial charge in [-0.15, -0.1) is 0 Å².